The molecule has 13 nitrogen and oxygen atoms in total. The summed E-state index contributed by atoms with van der Waals surface area (Å²) in [4.78, 5) is 68.6. The molecule has 0 aromatic carbocycles. The van der Waals surface area contributed by atoms with Crippen LogP contribution in [0.25, 0.3) is 0 Å². The van der Waals surface area contributed by atoms with Crippen LogP contribution in [0.15, 0.2) is 25.3 Å². The average molecular weight is 641 g/mol. The molecule has 6 fully saturated rings. The average Bonchev–Trinajstić information content (AvgIpc) is 3.47. The summed E-state index contributed by atoms with van der Waals surface area (Å²) in [5.74, 6) is -4.07. The number of rotatable bonds is 9. The number of hydrogen-bond donors (Lipinski definition) is 3. The Kier molecular flexibility index (Phi) is 10.9. The van der Waals surface area contributed by atoms with Gasteiger partial charge in [-0.15, -0.1) is 25.6 Å². The van der Waals surface area contributed by atoms with Crippen molar-refractivity contribution in [2.45, 2.75) is 75.7 Å². The van der Waals surface area contributed by atoms with E-state index in [0.29, 0.717) is 45.1 Å². The summed E-state index contributed by atoms with van der Waals surface area (Å²) in [5, 5.41) is 11.5. The van der Waals surface area contributed by atoms with Gasteiger partial charge in [-0.1, -0.05) is 12.2 Å². The van der Waals surface area contributed by atoms with Crippen molar-refractivity contribution in [2.75, 3.05) is 13.2 Å². The normalized spacial score (nSPS) is 37.7. The van der Waals surface area contributed by atoms with E-state index in [1.165, 1.54) is 0 Å². The molecule has 4 N–H and O–H groups in total. The van der Waals surface area contributed by atoms with E-state index in [-0.39, 0.29) is 78.7 Å². The largest absolute Gasteiger partial charge is 0.481 e. The molecular weight excluding hydrogens is 600 g/mol. The SMILES string of the molecule is C=C[C@@H]1C[C@]1(N)C(=O)OCC.C=C[C@@H]1C[C@]1(NC(=O)C1CC2CC1C(=O)O2)C(=O)OCC.Cl.O=C(O)C1CC2CC1C(=O)O2. The molecule has 10 atom stereocenters. The van der Waals surface area contributed by atoms with E-state index in [1.807, 2.05) is 0 Å². The summed E-state index contributed by atoms with van der Waals surface area (Å²) < 4.78 is 19.8. The van der Waals surface area contributed by atoms with Crippen LogP contribution in [0.4, 0.5) is 0 Å². The Labute approximate surface area is 261 Å². The number of nitrogens with one attached hydrogen (secondary N) is 1. The van der Waals surface area contributed by atoms with Gasteiger partial charge in [-0.05, 0) is 52.4 Å². The maximum Gasteiger partial charge on any atom is 0.332 e. The Morgan fingerprint density at radius 3 is 1.77 bits per heavy atom. The number of amides is 1. The van der Waals surface area contributed by atoms with Crippen molar-refractivity contribution in [1.82, 2.24) is 5.32 Å². The molecule has 4 bridgehead atoms. The standard InChI is InChI=1S/C15H19NO5.C8H13NO2.C7H8O4.ClH/c1-3-8-7-15(8,14(19)20-4-2)16-12(17)10-5-9-6-11(10)13(18)21-9;1-3-6-5-8(6,9)7(10)11-4-2;8-6(9)4-1-3-2-5(4)7(10)11-3;/h3,8-11H,1,4-7H2,2H3,(H,16,17);3,6H,1,4-5,9H2,2H3;3-5H,1-2H2,(H,8,9);1H/t8-,9?,10?,11?,15-;6-,8-;;/m11../s1. The lowest BCUT2D eigenvalue weighted by Crippen LogP contribution is -2.49. The lowest BCUT2D eigenvalue weighted by molar-refractivity contribution is -0.158. The second kappa shape index (κ2) is 13.7. The van der Waals surface area contributed by atoms with E-state index in [0.717, 1.165) is 0 Å². The van der Waals surface area contributed by atoms with Crippen molar-refractivity contribution in [3.63, 3.8) is 0 Å². The van der Waals surface area contributed by atoms with Gasteiger partial charge in [-0.25, -0.2) is 4.79 Å². The summed E-state index contributed by atoms with van der Waals surface area (Å²) in [6.45, 7) is 11.4. The van der Waals surface area contributed by atoms with Gasteiger partial charge in [0.25, 0.3) is 0 Å². The zero-order valence-electron chi connectivity index (χ0n) is 24.9. The summed E-state index contributed by atoms with van der Waals surface area (Å²) in [6.07, 6.45) is 6.54. The minimum Gasteiger partial charge on any atom is -0.481 e. The number of nitrogens with two attached hydrogens (primary N) is 1. The van der Waals surface area contributed by atoms with Crippen molar-refractivity contribution in [3.8, 4) is 0 Å². The quantitative estimate of drug-likeness (QED) is 0.187. The minimum atomic E-state index is -0.986. The fourth-order valence-corrected chi connectivity index (χ4v) is 6.43. The fourth-order valence-electron chi connectivity index (χ4n) is 6.43. The lowest BCUT2D eigenvalue weighted by Gasteiger charge is -2.24. The van der Waals surface area contributed by atoms with Gasteiger partial charge in [0.15, 0.2) is 0 Å². The monoisotopic (exact) mass is 640 g/mol. The first-order chi connectivity index (χ1) is 20.3. The number of aliphatic carboxylic acids is 1. The van der Waals surface area contributed by atoms with Gasteiger partial charge < -0.3 is 35.1 Å². The van der Waals surface area contributed by atoms with Gasteiger partial charge in [0.2, 0.25) is 5.91 Å². The van der Waals surface area contributed by atoms with Crippen molar-refractivity contribution in [2.24, 2.45) is 41.2 Å². The molecule has 4 aliphatic carbocycles. The number of carboxylic acids is 1. The van der Waals surface area contributed by atoms with E-state index in [4.69, 9.17) is 29.8 Å². The molecule has 44 heavy (non-hydrogen) atoms. The Bertz CT molecular complexity index is 1210. The molecule has 4 saturated carbocycles. The predicted molar refractivity (Wildman–Crippen MR) is 155 cm³/mol. The topological polar surface area (TPSA) is 198 Å². The van der Waals surface area contributed by atoms with Crippen LogP contribution in [-0.4, -0.2) is 77.4 Å². The highest BCUT2D eigenvalue weighted by atomic mass is 35.5. The first-order valence-electron chi connectivity index (χ1n) is 14.7. The van der Waals surface area contributed by atoms with E-state index in [9.17, 15) is 28.8 Å². The van der Waals surface area contributed by atoms with Gasteiger partial charge in [-0.3, -0.25) is 24.0 Å². The molecular formula is C30H41ClN2O11. The van der Waals surface area contributed by atoms with Gasteiger partial charge >= 0.3 is 29.8 Å². The van der Waals surface area contributed by atoms with Crippen molar-refractivity contribution in [3.05, 3.63) is 25.3 Å². The molecule has 6 unspecified atom stereocenters. The van der Waals surface area contributed by atoms with Gasteiger partial charge in [-0.2, -0.15) is 0 Å². The van der Waals surface area contributed by atoms with Crippen LogP contribution in [0.2, 0.25) is 0 Å². The molecule has 1 amide bonds. The van der Waals surface area contributed by atoms with E-state index >= 15 is 0 Å². The number of carbonyl (C=O) groups excluding carboxylic acids is 5. The first kappa shape index (κ1) is 35.0. The molecule has 0 spiro atoms. The van der Waals surface area contributed by atoms with Crippen molar-refractivity contribution in [1.29, 1.82) is 0 Å². The van der Waals surface area contributed by atoms with Crippen LogP contribution < -0.4 is 11.1 Å². The Balaban J connectivity index is 0.000000195. The van der Waals surface area contributed by atoms with Crippen LogP contribution in [0, 0.1) is 35.5 Å². The Hall–Kier alpha value is -3.45. The fraction of sp³-hybridized carbons (Fsp3) is 0.667. The summed E-state index contributed by atoms with van der Waals surface area (Å²) in [5.41, 5.74) is 3.95. The third-order valence-corrected chi connectivity index (χ3v) is 9.15. The number of hydrogen-bond acceptors (Lipinski definition) is 11. The highest BCUT2D eigenvalue weighted by Crippen LogP contribution is 2.47. The van der Waals surface area contributed by atoms with E-state index in [2.05, 4.69) is 18.5 Å². The number of carbonyl (C=O) groups is 6. The van der Waals surface area contributed by atoms with Gasteiger partial charge in [0.1, 0.15) is 23.3 Å². The second-order valence-electron chi connectivity index (χ2n) is 11.9. The summed E-state index contributed by atoms with van der Waals surface area (Å²) in [7, 11) is 0. The van der Waals surface area contributed by atoms with E-state index < -0.39 is 34.9 Å². The number of fused-ring (bicyclic) bond motifs is 4. The minimum absolute atomic E-state index is 0. The van der Waals surface area contributed by atoms with Crippen molar-refractivity contribution < 1.29 is 52.8 Å². The highest BCUT2D eigenvalue weighted by Gasteiger charge is 2.62. The summed E-state index contributed by atoms with van der Waals surface area (Å²) in [6, 6.07) is 0. The Morgan fingerprint density at radius 2 is 1.39 bits per heavy atom. The predicted octanol–water partition coefficient (Wildman–Crippen LogP) is 1.46. The first-order valence-corrected chi connectivity index (χ1v) is 14.7. The third-order valence-electron chi connectivity index (χ3n) is 9.15. The van der Waals surface area contributed by atoms with Crippen molar-refractivity contribution >= 4 is 48.2 Å². The van der Waals surface area contributed by atoms with Crippen LogP contribution in [-0.2, 0) is 47.7 Å². The smallest absolute Gasteiger partial charge is 0.332 e. The zero-order valence-corrected chi connectivity index (χ0v) is 25.7. The molecule has 0 aromatic heterocycles. The number of ether oxygens (including phenoxy) is 4. The lowest BCUT2D eigenvalue weighted by atomic mass is 9.94. The van der Waals surface area contributed by atoms with Crippen LogP contribution in [0.5, 0.6) is 0 Å². The molecule has 0 aromatic rings. The number of carboxylic acid groups (broad SMARTS) is 1. The van der Waals surface area contributed by atoms with Crippen LogP contribution in [0.1, 0.15) is 52.4 Å². The van der Waals surface area contributed by atoms with Crippen LogP contribution in [0.3, 0.4) is 0 Å². The zero-order chi connectivity index (χ0) is 31.7. The maximum atomic E-state index is 12.4. The maximum absolute atomic E-state index is 12.4. The molecule has 0 radical (unpaired) electrons. The molecule has 2 heterocycles. The molecule has 2 saturated heterocycles. The Morgan fingerprint density at radius 1 is 0.886 bits per heavy atom. The van der Waals surface area contributed by atoms with Gasteiger partial charge in [0, 0.05) is 11.8 Å². The number of esters is 4. The second-order valence-corrected chi connectivity index (χ2v) is 11.9. The highest BCUT2D eigenvalue weighted by molar-refractivity contribution is 5.95. The molecule has 2 aliphatic heterocycles. The third kappa shape index (κ3) is 6.78. The van der Waals surface area contributed by atoms with E-state index in [1.54, 1.807) is 26.0 Å². The number of halogens is 1. The molecule has 244 valence electrons. The molecule has 6 aliphatic rings. The van der Waals surface area contributed by atoms with Crippen LogP contribution >= 0.6 is 12.4 Å². The van der Waals surface area contributed by atoms with Gasteiger partial charge in [0.05, 0.1) is 36.9 Å². The molecule has 14 heteroatoms. The molecule has 6 rings (SSSR count). The summed E-state index contributed by atoms with van der Waals surface area (Å²) >= 11 is 0.